The largest absolute Gasteiger partial charge is 0.496 e. The van der Waals surface area contributed by atoms with Crippen LogP contribution >= 0.6 is 15.9 Å². The van der Waals surface area contributed by atoms with E-state index >= 15 is 0 Å². The number of rotatable bonds is 5. The van der Waals surface area contributed by atoms with Crippen LogP contribution in [0.4, 0.5) is 0 Å². The molecular formula is C16H19BrO5. The highest BCUT2D eigenvalue weighted by molar-refractivity contribution is 9.11. The quantitative estimate of drug-likeness (QED) is 0.745. The second kappa shape index (κ2) is 7.15. The summed E-state index contributed by atoms with van der Waals surface area (Å²) in [6.45, 7) is 2.08. The van der Waals surface area contributed by atoms with Gasteiger partial charge in [0.2, 0.25) is 0 Å². The van der Waals surface area contributed by atoms with Crippen LogP contribution in [-0.2, 0) is 20.7 Å². The van der Waals surface area contributed by atoms with Crippen molar-refractivity contribution in [1.82, 2.24) is 0 Å². The molecule has 0 saturated carbocycles. The summed E-state index contributed by atoms with van der Waals surface area (Å²) in [5, 5.41) is 0. The number of methoxy groups -OCH3 is 3. The monoisotopic (exact) mass is 370 g/mol. The summed E-state index contributed by atoms with van der Waals surface area (Å²) in [4.78, 5) is 12.3. The van der Waals surface area contributed by atoms with Gasteiger partial charge in [-0.15, -0.1) is 0 Å². The van der Waals surface area contributed by atoms with Crippen LogP contribution in [0.2, 0.25) is 0 Å². The van der Waals surface area contributed by atoms with Gasteiger partial charge in [-0.2, -0.15) is 0 Å². The van der Waals surface area contributed by atoms with Gasteiger partial charge in [-0.25, -0.2) is 4.79 Å². The molecule has 6 heteroatoms. The Morgan fingerprint density at radius 1 is 1.23 bits per heavy atom. The first-order chi connectivity index (χ1) is 10.6. The molecule has 0 N–H and O–H groups in total. The van der Waals surface area contributed by atoms with Crippen molar-refractivity contribution in [3.05, 3.63) is 33.3 Å². The fraction of sp³-hybridized carbons (Fsp3) is 0.438. The van der Waals surface area contributed by atoms with Gasteiger partial charge in [0.25, 0.3) is 0 Å². The molecule has 2 rings (SSSR count). The Kier molecular flexibility index (Phi) is 5.47. The lowest BCUT2D eigenvalue weighted by Crippen LogP contribution is -2.23. The lowest BCUT2D eigenvalue weighted by molar-refractivity contribution is -0.140. The molecule has 1 aliphatic rings. The van der Waals surface area contributed by atoms with Crippen molar-refractivity contribution in [3.63, 3.8) is 0 Å². The number of ether oxygens (including phenoxy) is 4. The van der Waals surface area contributed by atoms with Crippen molar-refractivity contribution in [2.24, 2.45) is 0 Å². The molecule has 1 atom stereocenters. The van der Waals surface area contributed by atoms with Gasteiger partial charge in [-0.05, 0) is 19.1 Å². The Morgan fingerprint density at radius 3 is 2.41 bits per heavy atom. The molecule has 0 bridgehead atoms. The van der Waals surface area contributed by atoms with E-state index in [-0.39, 0.29) is 0 Å². The van der Waals surface area contributed by atoms with Gasteiger partial charge < -0.3 is 18.9 Å². The zero-order valence-electron chi connectivity index (χ0n) is 13.1. The van der Waals surface area contributed by atoms with Crippen LogP contribution in [0.3, 0.4) is 0 Å². The molecule has 0 radical (unpaired) electrons. The van der Waals surface area contributed by atoms with E-state index in [0.717, 1.165) is 21.4 Å². The molecule has 0 fully saturated rings. The van der Waals surface area contributed by atoms with E-state index in [4.69, 9.17) is 18.9 Å². The summed E-state index contributed by atoms with van der Waals surface area (Å²) >= 11 is 3.49. The Hall–Kier alpha value is -1.53. The predicted octanol–water partition coefficient (Wildman–Crippen LogP) is 3.16. The molecule has 0 aliphatic heterocycles. The Labute approximate surface area is 138 Å². The van der Waals surface area contributed by atoms with E-state index in [1.54, 1.807) is 28.3 Å². The van der Waals surface area contributed by atoms with Gasteiger partial charge in [0.1, 0.15) is 17.6 Å². The third-order valence-electron chi connectivity index (χ3n) is 3.59. The Bertz CT molecular complexity index is 609. The number of benzene rings is 1. The first-order valence-corrected chi connectivity index (χ1v) is 7.70. The second-order valence-electron chi connectivity index (χ2n) is 4.69. The van der Waals surface area contributed by atoms with Crippen molar-refractivity contribution in [3.8, 4) is 11.5 Å². The highest BCUT2D eigenvalue weighted by atomic mass is 79.9. The fourth-order valence-corrected chi connectivity index (χ4v) is 3.31. The van der Waals surface area contributed by atoms with E-state index in [9.17, 15) is 4.79 Å². The molecule has 1 aromatic carbocycles. The summed E-state index contributed by atoms with van der Waals surface area (Å²) in [5.74, 6) is 0.999. The maximum atomic E-state index is 12.3. The van der Waals surface area contributed by atoms with Gasteiger partial charge >= 0.3 is 5.97 Å². The molecule has 0 spiro atoms. The SMILES string of the molecule is CCOC(=O)C1=C(Br)Cc2c(OC)ccc(OC)c2C1OC. The maximum Gasteiger partial charge on any atom is 0.337 e. The number of esters is 1. The van der Waals surface area contributed by atoms with Gasteiger partial charge in [0, 0.05) is 29.1 Å². The highest BCUT2D eigenvalue weighted by Gasteiger charge is 2.36. The van der Waals surface area contributed by atoms with E-state index in [2.05, 4.69) is 15.9 Å². The summed E-state index contributed by atoms with van der Waals surface area (Å²) < 4.78 is 22.3. The van der Waals surface area contributed by atoms with Crippen molar-refractivity contribution >= 4 is 21.9 Å². The van der Waals surface area contributed by atoms with Crippen molar-refractivity contribution in [1.29, 1.82) is 0 Å². The van der Waals surface area contributed by atoms with Crippen LogP contribution in [-0.4, -0.2) is 33.9 Å². The minimum Gasteiger partial charge on any atom is -0.496 e. The zero-order chi connectivity index (χ0) is 16.3. The highest BCUT2D eigenvalue weighted by Crippen LogP contribution is 2.46. The molecule has 5 nitrogen and oxygen atoms in total. The van der Waals surface area contributed by atoms with Crippen LogP contribution < -0.4 is 9.47 Å². The minimum atomic E-state index is -0.567. The molecule has 0 aromatic heterocycles. The number of allylic oxidation sites excluding steroid dienone is 1. The summed E-state index contributed by atoms with van der Waals surface area (Å²) in [6, 6.07) is 3.66. The van der Waals surface area contributed by atoms with Crippen LogP contribution in [0.25, 0.3) is 0 Å². The minimum absolute atomic E-state index is 0.307. The summed E-state index contributed by atoms with van der Waals surface area (Å²) in [6.07, 6.45) is -0.0498. The molecule has 22 heavy (non-hydrogen) atoms. The van der Waals surface area contributed by atoms with E-state index in [1.165, 1.54) is 0 Å². The number of hydrogen-bond donors (Lipinski definition) is 0. The van der Waals surface area contributed by atoms with Crippen LogP contribution in [0, 0.1) is 0 Å². The van der Waals surface area contributed by atoms with E-state index in [0.29, 0.717) is 24.4 Å². The smallest absolute Gasteiger partial charge is 0.337 e. The Morgan fingerprint density at radius 2 is 1.86 bits per heavy atom. The average molecular weight is 371 g/mol. The summed E-state index contributed by atoms with van der Waals surface area (Å²) in [5.41, 5.74) is 2.20. The normalized spacial score (nSPS) is 17.0. The van der Waals surface area contributed by atoms with Crippen molar-refractivity contribution in [2.75, 3.05) is 27.9 Å². The molecular weight excluding hydrogens is 352 g/mol. The van der Waals surface area contributed by atoms with Gasteiger partial charge in [0.15, 0.2) is 0 Å². The second-order valence-corrected chi connectivity index (χ2v) is 5.65. The van der Waals surface area contributed by atoms with Crippen molar-refractivity contribution < 1.29 is 23.7 Å². The molecule has 0 amide bonds. The number of halogens is 1. The number of carbonyl (C=O) groups is 1. The number of carbonyl (C=O) groups excluding carboxylic acids is 1. The van der Waals surface area contributed by atoms with Crippen molar-refractivity contribution in [2.45, 2.75) is 19.4 Å². The number of hydrogen-bond acceptors (Lipinski definition) is 5. The molecule has 120 valence electrons. The topological polar surface area (TPSA) is 54.0 Å². The van der Waals surface area contributed by atoms with Crippen LogP contribution in [0.5, 0.6) is 11.5 Å². The predicted molar refractivity (Wildman–Crippen MR) is 85.6 cm³/mol. The van der Waals surface area contributed by atoms with E-state index < -0.39 is 12.1 Å². The third kappa shape index (κ3) is 2.85. The van der Waals surface area contributed by atoms with E-state index in [1.807, 2.05) is 12.1 Å². The molecule has 1 aromatic rings. The summed E-state index contributed by atoms with van der Waals surface area (Å²) in [7, 11) is 4.76. The Balaban J connectivity index is 2.62. The average Bonchev–Trinajstić information content (AvgIpc) is 2.52. The zero-order valence-corrected chi connectivity index (χ0v) is 14.7. The molecule has 1 aliphatic carbocycles. The molecule has 0 saturated heterocycles. The standard InChI is InChI=1S/C16H19BrO5/c1-5-22-16(18)14-10(17)8-9-11(19-2)6-7-12(20-3)13(9)15(14)21-4/h6-7,15H,5,8H2,1-4H3. The first kappa shape index (κ1) is 16.8. The van der Waals surface area contributed by atoms with Gasteiger partial charge in [-0.1, -0.05) is 15.9 Å². The fourth-order valence-electron chi connectivity index (χ4n) is 2.66. The lowest BCUT2D eigenvalue weighted by Gasteiger charge is -2.29. The van der Waals surface area contributed by atoms with Crippen LogP contribution in [0.1, 0.15) is 24.2 Å². The number of fused-ring (bicyclic) bond motifs is 1. The van der Waals surface area contributed by atoms with Gasteiger partial charge in [-0.3, -0.25) is 0 Å². The maximum absolute atomic E-state index is 12.3. The molecule has 0 heterocycles. The molecule has 1 unspecified atom stereocenters. The van der Waals surface area contributed by atoms with Crippen LogP contribution in [0.15, 0.2) is 22.2 Å². The third-order valence-corrected chi connectivity index (χ3v) is 4.30. The van der Waals surface area contributed by atoms with Gasteiger partial charge in [0.05, 0.1) is 26.4 Å². The first-order valence-electron chi connectivity index (χ1n) is 6.91. The lowest BCUT2D eigenvalue weighted by atomic mass is 9.87.